The van der Waals surface area contributed by atoms with Gasteiger partial charge in [0.25, 0.3) is 0 Å². The third-order valence-electron chi connectivity index (χ3n) is 4.44. The van der Waals surface area contributed by atoms with Crippen molar-refractivity contribution in [2.45, 2.75) is 57.5 Å². The zero-order valence-electron chi connectivity index (χ0n) is 10.3. The Bertz CT molecular complexity index is 193. The summed E-state index contributed by atoms with van der Waals surface area (Å²) in [6.07, 6.45) is 8.53. The monoisotopic (exact) mass is 210 g/mol. The Morgan fingerprint density at radius 2 is 2.00 bits per heavy atom. The quantitative estimate of drug-likeness (QED) is 0.768. The molecule has 2 aliphatic rings. The maximum Gasteiger partial charge on any atom is 0.0104 e. The first-order valence-corrected chi connectivity index (χ1v) is 6.72. The van der Waals surface area contributed by atoms with Crippen molar-refractivity contribution in [2.24, 2.45) is 5.92 Å². The number of hydrogen-bond donors (Lipinski definition) is 1. The van der Waals surface area contributed by atoms with Crippen LogP contribution in [0, 0.1) is 5.92 Å². The van der Waals surface area contributed by atoms with Crippen molar-refractivity contribution in [3.8, 4) is 0 Å². The maximum atomic E-state index is 3.49. The van der Waals surface area contributed by atoms with Crippen molar-refractivity contribution in [1.82, 2.24) is 10.2 Å². The summed E-state index contributed by atoms with van der Waals surface area (Å²) in [4.78, 5) is 2.73. The van der Waals surface area contributed by atoms with E-state index in [2.05, 4.69) is 24.2 Å². The molecule has 3 unspecified atom stereocenters. The van der Waals surface area contributed by atoms with Gasteiger partial charge in [0.1, 0.15) is 0 Å². The molecule has 1 aliphatic carbocycles. The first-order chi connectivity index (χ1) is 7.31. The van der Waals surface area contributed by atoms with Crippen molar-refractivity contribution in [3.05, 3.63) is 0 Å². The molecule has 0 spiro atoms. The lowest BCUT2D eigenvalue weighted by Gasteiger charge is -2.36. The molecule has 0 amide bonds. The van der Waals surface area contributed by atoms with Crippen LogP contribution in [0.3, 0.4) is 0 Å². The first-order valence-electron chi connectivity index (χ1n) is 6.72. The van der Waals surface area contributed by atoms with E-state index in [0.29, 0.717) is 0 Å². The molecule has 88 valence electrons. The number of hydrogen-bond acceptors (Lipinski definition) is 2. The first kappa shape index (κ1) is 11.4. The van der Waals surface area contributed by atoms with Crippen LogP contribution in [0.2, 0.25) is 0 Å². The van der Waals surface area contributed by atoms with E-state index in [0.717, 1.165) is 18.0 Å². The Morgan fingerprint density at radius 3 is 2.73 bits per heavy atom. The Hall–Kier alpha value is -0.0800. The van der Waals surface area contributed by atoms with Crippen LogP contribution in [0.25, 0.3) is 0 Å². The fourth-order valence-corrected chi connectivity index (χ4v) is 3.37. The molecular weight excluding hydrogens is 184 g/mol. The van der Waals surface area contributed by atoms with Crippen LogP contribution < -0.4 is 5.32 Å². The predicted molar refractivity (Wildman–Crippen MR) is 65.1 cm³/mol. The van der Waals surface area contributed by atoms with E-state index in [1.54, 1.807) is 0 Å². The second-order valence-electron chi connectivity index (χ2n) is 5.43. The zero-order chi connectivity index (χ0) is 10.7. The number of nitrogens with zero attached hydrogens (tertiary/aromatic N) is 1. The average molecular weight is 210 g/mol. The van der Waals surface area contributed by atoms with Gasteiger partial charge in [-0.1, -0.05) is 12.8 Å². The van der Waals surface area contributed by atoms with Gasteiger partial charge < -0.3 is 10.2 Å². The molecule has 2 nitrogen and oxygen atoms in total. The lowest BCUT2D eigenvalue weighted by atomic mass is 9.98. The minimum atomic E-state index is 0.791. The smallest absolute Gasteiger partial charge is 0.0104 e. The van der Waals surface area contributed by atoms with Crippen LogP contribution in [0.5, 0.6) is 0 Å². The highest BCUT2D eigenvalue weighted by atomic mass is 15.2. The second kappa shape index (κ2) is 5.31. The fourth-order valence-electron chi connectivity index (χ4n) is 3.37. The normalized spacial score (nSPS) is 38.4. The molecule has 0 aromatic heterocycles. The van der Waals surface area contributed by atoms with E-state index in [1.807, 2.05) is 0 Å². The summed E-state index contributed by atoms with van der Waals surface area (Å²) in [6.45, 7) is 5.09. The zero-order valence-corrected chi connectivity index (χ0v) is 10.3. The molecule has 0 radical (unpaired) electrons. The van der Waals surface area contributed by atoms with Crippen LogP contribution in [0.1, 0.15) is 45.4 Å². The number of rotatable bonds is 3. The molecule has 0 aromatic carbocycles. The van der Waals surface area contributed by atoms with E-state index in [-0.39, 0.29) is 0 Å². The summed E-state index contributed by atoms with van der Waals surface area (Å²) in [5, 5.41) is 3.49. The van der Waals surface area contributed by atoms with Crippen molar-refractivity contribution >= 4 is 0 Å². The van der Waals surface area contributed by atoms with Gasteiger partial charge in [-0.2, -0.15) is 0 Å². The van der Waals surface area contributed by atoms with E-state index in [9.17, 15) is 0 Å². The predicted octanol–water partition coefficient (Wildman–Crippen LogP) is 2.25. The van der Waals surface area contributed by atoms with Gasteiger partial charge in [0.05, 0.1) is 0 Å². The van der Waals surface area contributed by atoms with Crippen LogP contribution >= 0.6 is 0 Å². The highest BCUT2D eigenvalue weighted by molar-refractivity contribution is 4.86. The van der Waals surface area contributed by atoms with Crippen molar-refractivity contribution < 1.29 is 0 Å². The minimum absolute atomic E-state index is 0.791. The van der Waals surface area contributed by atoms with Gasteiger partial charge in [0.15, 0.2) is 0 Å². The SMILES string of the molecule is CNC1CCCC1CN1CCCCC1C. The van der Waals surface area contributed by atoms with Crippen LogP contribution in [-0.4, -0.2) is 37.1 Å². The van der Waals surface area contributed by atoms with Gasteiger partial charge in [0, 0.05) is 18.6 Å². The summed E-state index contributed by atoms with van der Waals surface area (Å²) in [5.74, 6) is 0.913. The third-order valence-corrected chi connectivity index (χ3v) is 4.44. The van der Waals surface area contributed by atoms with Crippen molar-refractivity contribution in [2.75, 3.05) is 20.1 Å². The van der Waals surface area contributed by atoms with Crippen molar-refractivity contribution in [3.63, 3.8) is 0 Å². The fraction of sp³-hybridized carbons (Fsp3) is 1.00. The molecular formula is C13H26N2. The van der Waals surface area contributed by atoms with E-state index in [1.165, 1.54) is 51.6 Å². The molecule has 0 aromatic rings. The Balaban J connectivity index is 1.84. The van der Waals surface area contributed by atoms with Gasteiger partial charge in [-0.3, -0.25) is 0 Å². The summed E-state index contributed by atoms with van der Waals surface area (Å²) in [5.41, 5.74) is 0. The van der Waals surface area contributed by atoms with Crippen LogP contribution in [-0.2, 0) is 0 Å². The molecule has 15 heavy (non-hydrogen) atoms. The molecule has 0 bridgehead atoms. The molecule has 2 heteroatoms. The highest BCUT2D eigenvalue weighted by Gasteiger charge is 2.29. The van der Waals surface area contributed by atoms with E-state index < -0.39 is 0 Å². The molecule has 2 fully saturated rings. The van der Waals surface area contributed by atoms with E-state index >= 15 is 0 Å². The van der Waals surface area contributed by atoms with Crippen molar-refractivity contribution in [1.29, 1.82) is 0 Å². The molecule has 1 N–H and O–H groups in total. The number of nitrogens with one attached hydrogen (secondary N) is 1. The molecule has 1 heterocycles. The van der Waals surface area contributed by atoms with Gasteiger partial charge in [-0.15, -0.1) is 0 Å². The standard InChI is InChI=1S/C13H26N2/c1-11-6-3-4-9-15(11)10-12-7-5-8-13(12)14-2/h11-14H,3-10H2,1-2H3. The molecule has 1 saturated heterocycles. The molecule has 1 saturated carbocycles. The largest absolute Gasteiger partial charge is 0.317 e. The van der Waals surface area contributed by atoms with Crippen LogP contribution in [0.4, 0.5) is 0 Å². The topological polar surface area (TPSA) is 15.3 Å². The van der Waals surface area contributed by atoms with Gasteiger partial charge in [0.2, 0.25) is 0 Å². The van der Waals surface area contributed by atoms with E-state index in [4.69, 9.17) is 0 Å². The minimum Gasteiger partial charge on any atom is -0.317 e. The summed E-state index contributed by atoms with van der Waals surface area (Å²) >= 11 is 0. The summed E-state index contributed by atoms with van der Waals surface area (Å²) in [7, 11) is 2.13. The molecule has 2 rings (SSSR count). The van der Waals surface area contributed by atoms with Gasteiger partial charge in [-0.25, -0.2) is 0 Å². The lowest BCUT2D eigenvalue weighted by molar-refractivity contribution is 0.130. The number of piperidine rings is 1. The number of likely N-dealkylation sites (tertiary alicyclic amines) is 1. The maximum absolute atomic E-state index is 3.49. The Labute approximate surface area is 94.4 Å². The molecule has 3 atom stereocenters. The Kier molecular flexibility index (Phi) is 4.04. The third kappa shape index (κ3) is 2.73. The van der Waals surface area contributed by atoms with Crippen LogP contribution in [0.15, 0.2) is 0 Å². The highest BCUT2D eigenvalue weighted by Crippen LogP contribution is 2.28. The molecule has 1 aliphatic heterocycles. The lowest BCUT2D eigenvalue weighted by Crippen LogP contribution is -2.44. The summed E-state index contributed by atoms with van der Waals surface area (Å²) < 4.78 is 0. The Morgan fingerprint density at radius 1 is 1.13 bits per heavy atom. The average Bonchev–Trinajstić information content (AvgIpc) is 2.69. The van der Waals surface area contributed by atoms with Gasteiger partial charge in [-0.05, 0) is 52.1 Å². The van der Waals surface area contributed by atoms with Gasteiger partial charge >= 0.3 is 0 Å². The summed E-state index contributed by atoms with van der Waals surface area (Å²) in [6, 6.07) is 1.62. The second-order valence-corrected chi connectivity index (χ2v) is 5.43.